The second kappa shape index (κ2) is 7.84. The Hall–Kier alpha value is -1.79. The van der Waals surface area contributed by atoms with Gasteiger partial charge in [0.05, 0.1) is 19.7 Å². The fraction of sp³-hybridized carbons (Fsp3) is 0.650. The van der Waals surface area contributed by atoms with Gasteiger partial charge < -0.3 is 19.7 Å². The Morgan fingerprint density at radius 2 is 2.12 bits per heavy atom. The van der Waals surface area contributed by atoms with Crippen molar-refractivity contribution >= 4 is 5.91 Å². The summed E-state index contributed by atoms with van der Waals surface area (Å²) in [6, 6.07) is 5.73. The molecule has 1 saturated heterocycles. The molecule has 26 heavy (non-hydrogen) atoms. The molecular weight excluding hydrogens is 330 g/mol. The van der Waals surface area contributed by atoms with E-state index in [0.717, 1.165) is 56.1 Å². The Bertz CT molecular complexity index is 647. The predicted molar refractivity (Wildman–Crippen MR) is 102 cm³/mol. The van der Waals surface area contributed by atoms with Crippen LogP contribution < -0.4 is 14.8 Å². The number of hydrogen-bond acceptors (Lipinski definition) is 5. The molecule has 0 spiro atoms. The SMILES string of the molecule is COc1ccc2c(c1)C(NC(=O)CN1CCCN(C)CC1)CC(C)(C)O2. The molecule has 3 rings (SSSR count). The zero-order valence-electron chi connectivity index (χ0n) is 16.4. The normalized spacial score (nSPS) is 23.5. The minimum Gasteiger partial charge on any atom is -0.497 e. The van der Waals surface area contributed by atoms with Crippen molar-refractivity contribution in [1.29, 1.82) is 0 Å². The van der Waals surface area contributed by atoms with Crippen molar-refractivity contribution in [3.8, 4) is 11.5 Å². The van der Waals surface area contributed by atoms with E-state index in [0.29, 0.717) is 6.54 Å². The molecule has 1 unspecified atom stereocenters. The highest BCUT2D eigenvalue weighted by molar-refractivity contribution is 5.78. The highest BCUT2D eigenvalue weighted by atomic mass is 16.5. The zero-order valence-corrected chi connectivity index (χ0v) is 16.4. The van der Waals surface area contributed by atoms with E-state index in [1.54, 1.807) is 7.11 Å². The fourth-order valence-corrected chi connectivity index (χ4v) is 3.79. The van der Waals surface area contributed by atoms with Crippen LogP contribution in [-0.2, 0) is 4.79 Å². The predicted octanol–water partition coefficient (Wildman–Crippen LogP) is 2.05. The van der Waals surface area contributed by atoms with Gasteiger partial charge >= 0.3 is 0 Å². The van der Waals surface area contributed by atoms with E-state index in [9.17, 15) is 4.79 Å². The summed E-state index contributed by atoms with van der Waals surface area (Å²) in [6.07, 6.45) is 1.84. The molecule has 1 aromatic rings. The molecule has 2 aliphatic rings. The van der Waals surface area contributed by atoms with Crippen LogP contribution in [0.15, 0.2) is 18.2 Å². The number of ether oxygens (including phenoxy) is 2. The molecule has 144 valence electrons. The summed E-state index contributed by atoms with van der Waals surface area (Å²) in [6.45, 7) is 8.59. The summed E-state index contributed by atoms with van der Waals surface area (Å²) < 4.78 is 11.4. The van der Waals surface area contributed by atoms with E-state index >= 15 is 0 Å². The van der Waals surface area contributed by atoms with Gasteiger partial charge in [-0.25, -0.2) is 0 Å². The van der Waals surface area contributed by atoms with Gasteiger partial charge in [0, 0.05) is 25.1 Å². The zero-order chi connectivity index (χ0) is 18.7. The van der Waals surface area contributed by atoms with E-state index < -0.39 is 0 Å². The van der Waals surface area contributed by atoms with Crippen molar-refractivity contribution in [2.75, 3.05) is 46.9 Å². The second-order valence-electron chi connectivity index (χ2n) is 8.02. The monoisotopic (exact) mass is 361 g/mol. The maximum Gasteiger partial charge on any atom is 0.234 e. The Labute approximate surface area is 156 Å². The van der Waals surface area contributed by atoms with Gasteiger partial charge in [-0.3, -0.25) is 9.69 Å². The molecule has 0 radical (unpaired) electrons. The fourth-order valence-electron chi connectivity index (χ4n) is 3.79. The second-order valence-corrected chi connectivity index (χ2v) is 8.02. The molecule has 1 fully saturated rings. The number of amides is 1. The summed E-state index contributed by atoms with van der Waals surface area (Å²) in [5.41, 5.74) is 0.679. The molecule has 6 heteroatoms. The third-order valence-corrected chi connectivity index (χ3v) is 5.19. The first-order chi connectivity index (χ1) is 12.4. The van der Waals surface area contributed by atoms with Gasteiger partial charge in [-0.05, 0) is 58.6 Å². The molecule has 1 N–H and O–H groups in total. The number of carbonyl (C=O) groups excluding carboxylic acids is 1. The molecular formula is C20H31N3O3. The highest BCUT2D eigenvalue weighted by Crippen LogP contribution is 2.41. The Morgan fingerprint density at radius 3 is 2.88 bits per heavy atom. The quantitative estimate of drug-likeness (QED) is 0.890. The van der Waals surface area contributed by atoms with Crippen LogP contribution in [0.2, 0.25) is 0 Å². The van der Waals surface area contributed by atoms with Gasteiger partial charge in [-0.1, -0.05) is 0 Å². The number of likely N-dealkylation sites (N-methyl/N-ethyl adjacent to an activating group) is 1. The van der Waals surface area contributed by atoms with Crippen molar-refractivity contribution < 1.29 is 14.3 Å². The molecule has 2 heterocycles. The number of carbonyl (C=O) groups is 1. The molecule has 6 nitrogen and oxygen atoms in total. The first-order valence-corrected chi connectivity index (χ1v) is 9.43. The average molecular weight is 361 g/mol. The number of nitrogens with zero attached hydrogens (tertiary/aromatic N) is 2. The average Bonchev–Trinajstić information content (AvgIpc) is 2.78. The number of fused-ring (bicyclic) bond motifs is 1. The molecule has 1 aromatic carbocycles. The van der Waals surface area contributed by atoms with Gasteiger partial charge in [0.2, 0.25) is 5.91 Å². The lowest BCUT2D eigenvalue weighted by Crippen LogP contribution is -2.44. The van der Waals surface area contributed by atoms with Crippen molar-refractivity contribution in [3.63, 3.8) is 0 Å². The van der Waals surface area contributed by atoms with Crippen molar-refractivity contribution in [2.45, 2.75) is 38.3 Å². The number of benzene rings is 1. The lowest BCUT2D eigenvalue weighted by atomic mass is 9.89. The number of rotatable bonds is 4. The van der Waals surface area contributed by atoms with Gasteiger partial charge in [-0.15, -0.1) is 0 Å². The van der Waals surface area contributed by atoms with E-state index in [-0.39, 0.29) is 17.6 Å². The third kappa shape index (κ3) is 4.68. The van der Waals surface area contributed by atoms with Crippen LogP contribution in [0.4, 0.5) is 0 Å². The molecule has 0 aliphatic carbocycles. The van der Waals surface area contributed by atoms with Crippen LogP contribution in [-0.4, -0.2) is 68.2 Å². The van der Waals surface area contributed by atoms with Crippen LogP contribution >= 0.6 is 0 Å². The number of nitrogens with one attached hydrogen (secondary N) is 1. The smallest absolute Gasteiger partial charge is 0.234 e. The first-order valence-electron chi connectivity index (χ1n) is 9.43. The van der Waals surface area contributed by atoms with E-state index in [1.165, 1.54) is 0 Å². The summed E-state index contributed by atoms with van der Waals surface area (Å²) in [4.78, 5) is 17.3. The largest absolute Gasteiger partial charge is 0.497 e. The summed E-state index contributed by atoms with van der Waals surface area (Å²) >= 11 is 0. The minimum atomic E-state index is -0.315. The van der Waals surface area contributed by atoms with Gasteiger partial charge in [0.15, 0.2) is 0 Å². The molecule has 2 aliphatic heterocycles. The lowest BCUT2D eigenvalue weighted by Gasteiger charge is -2.38. The van der Waals surface area contributed by atoms with Crippen molar-refractivity contribution in [3.05, 3.63) is 23.8 Å². The van der Waals surface area contributed by atoms with Crippen molar-refractivity contribution in [1.82, 2.24) is 15.1 Å². The van der Waals surface area contributed by atoms with Crippen LogP contribution in [0, 0.1) is 0 Å². The topological polar surface area (TPSA) is 54.0 Å². The number of hydrogen-bond donors (Lipinski definition) is 1. The first kappa shape index (κ1) is 19.0. The Balaban J connectivity index is 1.69. The molecule has 0 saturated carbocycles. The van der Waals surface area contributed by atoms with Crippen LogP contribution in [0.5, 0.6) is 11.5 Å². The van der Waals surface area contributed by atoms with E-state index in [4.69, 9.17) is 9.47 Å². The summed E-state index contributed by atoms with van der Waals surface area (Å²) in [5, 5.41) is 3.23. The van der Waals surface area contributed by atoms with Gasteiger partial charge in [0.25, 0.3) is 0 Å². The van der Waals surface area contributed by atoms with Crippen LogP contribution in [0.3, 0.4) is 0 Å². The third-order valence-electron chi connectivity index (χ3n) is 5.19. The highest BCUT2D eigenvalue weighted by Gasteiger charge is 2.35. The minimum absolute atomic E-state index is 0.0639. The van der Waals surface area contributed by atoms with Gasteiger partial charge in [-0.2, -0.15) is 0 Å². The standard InChI is InChI=1S/C20H31N3O3/c1-20(2)13-17(16-12-15(25-4)6-7-18(16)26-20)21-19(24)14-23-9-5-8-22(3)10-11-23/h6-7,12,17H,5,8-11,13-14H2,1-4H3,(H,21,24). The maximum atomic E-state index is 12.7. The van der Waals surface area contributed by atoms with Crippen LogP contribution in [0.25, 0.3) is 0 Å². The Morgan fingerprint density at radius 1 is 1.31 bits per heavy atom. The summed E-state index contributed by atoms with van der Waals surface area (Å²) in [7, 11) is 3.79. The van der Waals surface area contributed by atoms with E-state index in [1.807, 2.05) is 18.2 Å². The van der Waals surface area contributed by atoms with Gasteiger partial charge in [0.1, 0.15) is 17.1 Å². The van der Waals surface area contributed by atoms with Crippen molar-refractivity contribution in [2.24, 2.45) is 0 Å². The number of methoxy groups -OCH3 is 1. The Kier molecular flexibility index (Phi) is 5.73. The van der Waals surface area contributed by atoms with E-state index in [2.05, 4.69) is 36.0 Å². The molecule has 0 bridgehead atoms. The van der Waals surface area contributed by atoms with Crippen LogP contribution in [0.1, 0.15) is 38.3 Å². The molecule has 0 aromatic heterocycles. The molecule has 1 amide bonds. The summed E-state index contributed by atoms with van der Waals surface area (Å²) in [5.74, 6) is 1.68. The maximum absolute atomic E-state index is 12.7. The lowest BCUT2D eigenvalue weighted by molar-refractivity contribution is -0.123. The molecule has 1 atom stereocenters.